The molecule has 0 fully saturated rings. The number of carbonyl (C=O) groups is 2. The van der Waals surface area contributed by atoms with E-state index in [4.69, 9.17) is 16.7 Å². The lowest BCUT2D eigenvalue weighted by Gasteiger charge is -2.13. The zero-order valence-electron chi connectivity index (χ0n) is 19.1. The van der Waals surface area contributed by atoms with Gasteiger partial charge >= 0.3 is 5.97 Å². The summed E-state index contributed by atoms with van der Waals surface area (Å²) in [6.45, 7) is 0.806. The van der Waals surface area contributed by atoms with Crippen molar-refractivity contribution < 1.29 is 14.7 Å². The number of carboxylic acid groups (broad SMARTS) is 1. The molecule has 2 aromatic heterocycles. The van der Waals surface area contributed by atoms with E-state index >= 15 is 0 Å². The van der Waals surface area contributed by atoms with Crippen LogP contribution in [0.25, 0.3) is 22.2 Å². The van der Waals surface area contributed by atoms with Gasteiger partial charge in [0.15, 0.2) is 0 Å². The standard InChI is InChI=1S/C28H21ClN4O3/c29-23-3-1-2-19(12-23)16-33-11-9-21-13-22(25-8-10-30-17-32-25)14-24(26(21)33)27(34)31-15-18-4-6-20(7-5-18)28(35)36/h1-14,17H,15-16H2,(H,31,34)(H,35,36). The minimum absolute atomic E-state index is 0.197. The summed E-state index contributed by atoms with van der Waals surface area (Å²) >= 11 is 6.18. The van der Waals surface area contributed by atoms with E-state index in [0.717, 1.165) is 27.6 Å². The largest absolute Gasteiger partial charge is 0.478 e. The number of benzene rings is 3. The van der Waals surface area contributed by atoms with Crippen LogP contribution >= 0.6 is 11.6 Å². The number of aromatic carboxylic acids is 1. The van der Waals surface area contributed by atoms with Crippen LogP contribution in [0.15, 0.2) is 91.5 Å². The molecule has 7 nitrogen and oxygen atoms in total. The van der Waals surface area contributed by atoms with Crippen molar-refractivity contribution in [2.24, 2.45) is 0 Å². The van der Waals surface area contributed by atoms with Gasteiger partial charge in [-0.15, -0.1) is 0 Å². The second-order valence-corrected chi connectivity index (χ2v) is 8.75. The van der Waals surface area contributed by atoms with E-state index in [2.05, 4.69) is 15.3 Å². The molecule has 178 valence electrons. The van der Waals surface area contributed by atoms with E-state index in [-0.39, 0.29) is 18.0 Å². The van der Waals surface area contributed by atoms with Gasteiger partial charge in [0.1, 0.15) is 6.33 Å². The minimum atomic E-state index is -0.991. The molecule has 36 heavy (non-hydrogen) atoms. The number of amides is 1. The van der Waals surface area contributed by atoms with Crippen molar-refractivity contribution in [1.82, 2.24) is 19.9 Å². The van der Waals surface area contributed by atoms with Gasteiger partial charge < -0.3 is 15.0 Å². The summed E-state index contributed by atoms with van der Waals surface area (Å²) in [6.07, 6.45) is 5.10. The average molecular weight is 497 g/mol. The zero-order chi connectivity index (χ0) is 25.1. The van der Waals surface area contributed by atoms with Gasteiger partial charge in [0.2, 0.25) is 0 Å². The lowest BCUT2D eigenvalue weighted by atomic mass is 10.0. The molecule has 0 radical (unpaired) electrons. The van der Waals surface area contributed by atoms with E-state index < -0.39 is 5.97 Å². The maximum absolute atomic E-state index is 13.5. The number of nitrogens with one attached hydrogen (secondary N) is 1. The fourth-order valence-electron chi connectivity index (χ4n) is 4.14. The molecule has 5 aromatic rings. The highest BCUT2D eigenvalue weighted by Crippen LogP contribution is 2.29. The van der Waals surface area contributed by atoms with Gasteiger partial charge in [-0.25, -0.2) is 14.8 Å². The van der Waals surface area contributed by atoms with Crippen LogP contribution in [0.3, 0.4) is 0 Å². The Hall–Kier alpha value is -4.49. The molecular weight excluding hydrogens is 476 g/mol. The van der Waals surface area contributed by atoms with Crippen molar-refractivity contribution in [2.75, 3.05) is 0 Å². The third kappa shape index (κ3) is 4.96. The Morgan fingerprint density at radius 3 is 2.53 bits per heavy atom. The monoisotopic (exact) mass is 496 g/mol. The third-order valence-corrected chi connectivity index (χ3v) is 6.11. The molecule has 0 saturated heterocycles. The Bertz CT molecular complexity index is 1560. The fraction of sp³-hybridized carbons (Fsp3) is 0.0714. The second-order valence-electron chi connectivity index (χ2n) is 8.31. The average Bonchev–Trinajstić information content (AvgIpc) is 3.30. The van der Waals surface area contributed by atoms with Crippen LogP contribution < -0.4 is 5.32 Å². The molecular formula is C28H21ClN4O3. The fourth-order valence-corrected chi connectivity index (χ4v) is 4.35. The van der Waals surface area contributed by atoms with Gasteiger partial charge in [-0.3, -0.25) is 4.79 Å². The molecule has 0 unspecified atom stereocenters. The van der Waals surface area contributed by atoms with Crippen LogP contribution in [-0.2, 0) is 13.1 Å². The lowest BCUT2D eigenvalue weighted by molar-refractivity contribution is 0.0696. The Kier molecular flexibility index (Phi) is 6.47. The predicted molar refractivity (Wildman–Crippen MR) is 138 cm³/mol. The zero-order valence-corrected chi connectivity index (χ0v) is 19.8. The van der Waals surface area contributed by atoms with Crippen LogP contribution in [-0.4, -0.2) is 31.5 Å². The normalized spacial score (nSPS) is 10.9. The van der Waals surface area contributed by atoms with E-state index in [9.17, 15) is 9.59 Å². The van der Waals surface area contributed by atoms with Crippen LogP contribution in [0.5, 0.6) is 0 Å². The molecule has 0 aliphatic heterocycles. The molecule has 0 atom stereocenters. The minimum Gasteiger partial charge on any atom is -0.478 e. The van der Waals surface area contributed by atoms with Crippen LogP contribution in [0.4, 0.5) is 0 Å². The Morgan fingerprint density at radius 1 is 0.972 bits per heavy atom. The quantitative estimate of drug-likeness (QED) is 0.313. The summed E-state index contributed by atoms with van der Waals surface area (Å²) < 4.78 is 2.03. The number of carboxylic acids is 1. The first-order valence-corrected chi connectivity index (χ1v) is 11.6. The van der Waals surface area contributed by atoms with Crippen LogP contribution in [0.1, 0.15) is 31.8 Å². The summed E-state index contributed by atoms with van der Waals surface area (Å²) in [4.78, 5) is 32.9. The van der Waals surface area contributed by atoms with Crippen molar-refractivity contribution >= 4 is 34.4 Å². The summed E-state index contributed by atoms with van der Waals surface area (Å²) in [5.41, 5.74) is 4.84. The predicted octanol–water partition coefficient (Wildman–Crippen LogP) is 5.43. The summed E-state index contributed by atoms with van der Waals surface area (Å²) in [6, 6.07) is 21.7. The number of fused-ring (bicyclic) bond motifs is 1. The first-order valence-electron chi connectivity index (χ1n) is 11.2. The summed E-state index contributed by atoms with van der Waals surface area (Å²) in [7, 11) is 0. The van der Waals surface area contributed by atoms with E-state index in [1.54, 1.807) is 24.4 Å². The Labute approximate surface area is 212 Å². The number of hydrogen-bond donors (Lipinski definition) is 2. The van der Waals surface area contributed by atoms with E-state index in [1.165, 1.54) is 18.5 Å². The molecule has 5 rings (SSSR count). The number of nitrogens with zero attached hydrogens (tertiary/aromatic N) is 3. The molecule has 0 aliphatic carbocycles. The molecule has 0 aliphatic rings. The van der Waals surface area contributed by atoms with Gasteiger partial charge in [-0.05, 0) is 59.7 Å². The van der Waals surface area contributed by atoms with Crippen molar-refractivity contribution in [1.29, 1.82) is 0 Å². The first kappa shape index (κ1) is 23.3. The molecule has 3 aromatic carbocycles. The molecule has 0 spiro atoms. The molecule has 2 N–H and O–H groups in total. The third-order valence-electron chi connectivity index (χ3n) is 5.88. The molecule has 8 heteroatoms. The maximum Gasteiger partial charge on any atom is 0.335 e. The van der Waals surface area contributed by atoms with Gasteiger partial charge in [-0.2, -0.15) is 0 Å². The Morgan fingerprint density at radius 2 is 1.81 bits per heavy atom. The smallest absolute Gasteiger partial charge is 0.335 e. The molecule has 2 heterocycles. The molecule has 0 saturated carbocycles. The SMILES string of the molecule is O=C(O)c1ccc(CNC(=O)c2cc(-c3ccncn3)cc3ccn(Cc4cccc(Cl)c4)c23)cc1. The van der Waals surface area contributed by atoms with Crippen molar-refractivity contribution in [3.63, 3.8) is 0 Å². The van der Waals surface area contributed by atoms with Gasteiger partial charge in [0, 0.05) is 41.5 Å². The highest BCUT2D eigenvalue weighted by molar-refractivity contribution is 6.30. The molecule has 1 amide bonds. The maximum atomic E-state index is 13.5. The van der Waals surface area contributed by atoms with Gasteiger partial charge in [0.25, 0.3) is 5.91 Å². The van der Waals surface area contributed by atoms with Crippen molar-refractivity contribution in [3.05, 3.63) is 119 Å². The first-order chi connectivity index (χ1) is 17.5. The number of rotatable bonds is 7. The van der Waals surface area contributed by atoms with Crippen LogP contribution in [0, 0.1) is 0 Å². The topological polar surface area (TPSA) is 97.1 Å². The molecule has 0 bridgehead atoms. The summed E-state index contributed by atoms with van der Waals surface area (Å²) in [5.74, 6) is -1.24. The van der Waals surface area contributed by atoms with E-state index in [1.807, 2.05) is 53.2 Å². The van der Waals surface area contributed by atoms with Gasteiger partial charge in [0.05, 0.1) is 22.3 Å². The van der Waals surface area contributed by atoms with Crippen LogP contribution in [0.2, 0.25) is 5.02 Å². The van der Waals surface area contributed by atoms with Crippen molar-refractivity contribution in [2.45, 2.75) is 13.1 Å². The van der Waals surface area contributed by atoms with E-state index in [0.29, 0.717) is 22.8 Å². The Balaban J connectivity index is 1.51. The highest BCUT2D eigenvalue weighted by atomic mass is 35.5. The second kappa shape index (κ2) is 10.0. The van der Waals surface area contributed by atoms with Gasteiger partial charge in [-0.1, -0.05) is 35.9 Å². The lowest BCUT2D eigenvalue weighted by Crippen LogP contribution is -2.23. The number of aromatic nitrogens is 3. The number of carbonyl (C=O) groups excluding carboxylic acids is 1. The highest BCUT2D eigenvalue weighted by Gasteiger charge is 2.17. The number of halogens is 1. The number of hydrogen-bond acceptors (Lipinski definition) is 4. The summed E-state index contributed by atoms with van der Waals surface area (Å²) in [5, 5.41) is 13.6. The van der Waals surface area contributed by atoms with Crippen molar-refractivity contribution in [3.8, 4) is 11.3 Å².